The summed E-state index contributed by atoms with van der Waals surface area (Å²) in [4.78, 5) is 24.0. The molecular weight excluding hydrogens is 254 g/mol. The molecule has 0 saturated carbocycles. The predicted octanol–water partition coefficient (Wildman–Crippen LogP) is 1.68. The van der Waals surface area contributed by atoms with Crippen LogP contribution in [0.2, 0.25) is 0 Å². The second-order valence-corrected chi connectivity index (χ2v) is 5.16. The molecule has 1 rings (SSSR count). The first-order valence-electron chi connectivity index (χ1n) is 6.74. The summed E-state index contributed by atoms with van der Waals surface area (Å²) in [5.74, 6) is -0.452. The number of hydrogen-bond donors (Lipinski definition) is 3. The molecule has 0 aliphatic rings. The molecule has 0 saturated heterocycles. The maximum absolute atomic E-state index is 12.2. The third-order valence-electron chi connectivity index (χ3n) is 2.86. The quantitative estimate of drug-likeness (QED) is 0.767. The smallest absolute Gasteiger partial charge is 0.254 e. The number of rotatable bonds is 5. The van der Waals surface area contributed by atoms with Gasteiger partial charge in [0.15, 0.2) is 0 Å². The fraction of sp³-hybridized carbons (Fsp3) is 0.467. The molecule has 0 radical (unpaired) electrons. The van der Waals surface area contributed by atoms with E-state index in [-0.39, 0.29) is 17.9 Å². The van der Waals surface area contributed by atoms with E-state index in [1.54, 1.807) is 20.0 Å². The van der Waals surface area contributed by atoms with Gasteiger partial charge in [0, 0.05) is 18.8 Å². The van der Waals surface area contributed by atoms with E-state index in [2.05, 4.69) is 16.0 Å². The maximum Gasteiger partial charge on any atom is 0.254 e. The van der Waals surface area contributed by atoms with E-state index in [1.165, 1.54) is 0 Å². The fourth-order valence-electron chi connectivity index (χ4n) is 1.81. The van der Waals surface area contributed by atoms with Crippen molar-refractivity contribution in [2.24, 2.45) is 0 Å². The van der Waals surface area contributed by atoms with Crippen LogP contribution in [0, 0.1) is 6.92 Å². The van der Waals surface area contributed by atoms with Crippen LogP contribution in [0.25, 0.3) is 0 Å². The first-order chi connectivity index (χ1) is 9.35. The molecule has 0 bridgehead atoms. The van der Waals surface area contributed by atoms with Crippen molar-refractivity contribution in [1.29, 1.82) is 0 Å². The molecule has 2 amide bonds. The van der Waals surface area contributed by atoms with Crippen LogP contribution in [-0.4, -0.2) is 30.9 Å². The highest BCUT2D eigenvalue weighted by molar-refractivity contribution is 6.01. The van der Waals surface area contributed by atoms with Crippen molar-refractivity contribution in [2.75, 3.05) is 12.4 Å². The van der Waals surface area contributed by atoms with Crippen molar-refractivity contribution in [3.8, 4) is 0 Å². The topological polar surface area (TPSA) is 70.2 Å². The van der Waals surface area contributed by atoms with Crippen molar-refractivity contribution in [2.45, 2.75) is 39.8 Å². The van der Waals surface area contributed by atoms with Crippen molar-refractivity contribution >= 4 is 17.5 Å². The Morgan fingerprint density at radius 3 is 2.30 bits per heavy atom. The maximum atomic E-state index is 12.2. The van der Waals surface area contributed by atoms with Crippen LogP contribution in [0.3, 0.4) is 0 Å². The molecule has 1 aromatic rings. The monoisotopic (exact) mass is 277 g/mol. The standard InChI is InChI=1S/C15H23N3O2/c1-9(2)17-14(19)11(4)18-15(20)12-7-6-10(3)8-13(12)16-5/h6-9,11,16H,1-5H3,(H,17,19)(H,18,20). The van der Waals surface area contributed by atoms with Gasteiger partial charge in [0.2, 0.25) is 5.91 Å². The molecule has 5 heteroatoms. The van der Waals surface area contributed by atoms with E-state index in [1.807, 2.05) is 32.9 Å². The summed E-state index contributed by atoms with van der Waals surface area (Å²) >= 11 is 0. The van der Waals surface area contributed by atoms with Gasteiger partial charge in [-0.15, -0.1) is 0 Å². The van der Waals surface area contributed by atoms with Gasteiger partial charge in [-0.1, -0.05) is 6.07 Å². The van der Waals surface area contributed by atoms with Gasteiger partial charge < -0.3 is 16.0 Å². The zero-order valence-electron chi connectivity index (χ0n) is 12.7. The molecule has 0 aliphatic carbocycles. The molecule has 1 aromatic carbocycles. The lowest BCUT2D eigenvalue weighted by atomic mass is 10.1. The third kappa shape index (κ3) is 4.26. The molecule has 5 nitrogen and oxygen atoms in total. The number of nitrogens with one attached hydrogen (secondary N) is 3. The molecule has 1 atom stereocenters. The summed E-state index contributed by atoms with van der Waals surface area (Å²) in [5.41, 5.74) is 2.35. The average molecular weight is 277 g/mol. The van der Waals surface area contributed by atoms with Gasteiger partial charge in [0.25, 0.3) is 5.91 Å². The first-order valence-corrected chi connectivity index (χ1v) is 6.74. The molecule has 0 aliphatic heterocycles. The van der Waals surface area contributed by atoms with E-state index in [9.17, 15) is 9.59 Å². The minimum Gasteiger partial charge on any atom is -0.387 e. The summed E-state index contributed by atoms with van der Waals surface area (Å²) in [6, 6.07) is 5.00. The predicted molar refractivity (Wildman–Crippen MR) is 80.9 cm³/mol. The Balaban J connectivity index is 2.78. The second-order valence-electron chi connectivity index (χ2n) is 5.16. The lowest BCUT2D eigenvalue weighted by Crippen LogP contribution is -2.46. The molecule has 0 fully saturated rings. The van der Waals surface area contributed by atoms with Gasteiger partial charge in [0.1, 0.15) is 6.04 Å². The second kappa shape index (κ2) is 6.93. The average Bonchev–Trinajstić information content (AvgIpc) is 2.37. The Morgan fingerprint density at radius 1 is 1.10 bits per heavy atom. The Morgan fingerprint density at radius 2 is 1.75 bits per heavy atom. The first kappa shape index (κ1) is 16.0. The van der Waals surface area contributed by atoms with Crippen LogP contribution in [-0.2, 0) is 4.79 Å². The molecule has 0 heterocycles. The number of carbonyl (C=O) groups is 2. The van der Waals surface area contributed by atoms with Crippen LogP contribution in [0.15, 0.2) is 18.2 Å². The van der Waals surface area contributed by atoms with Gasteiger partial charge >= 0.3 is 0 Å². The molecule has 0 spiro atoms. The van der Waals surface area contributed by atoms with E-state index >= 15 is 0 Å². The Kier molecular flexibility index (Phi) is 5.55. The van der Waals surface area contributed by atoms with Crippen molar-refractivity contribution < 1.29 is 9.59 Å². The normalized spacial score (nSPS) is 11.9. The Bertz CT molecular complexity index is 498. The molecule has 110 valence electrons. The third-order valence-corrected chi connectivity index (χ3v) is 2.86. The largest absolute Gasteiger partial charge is 0.387 e. The van der Waals surface area contributed by atoms with Gasteiger partial charge in [-0.2, -0.15) is 0 Å². The van der Waals surface area contributed by atoms with Gasteiger partial charge in [-0.25, -0.2) is 0 Å². The number of amides is 2. The number of carbonyl (C=O) groups excluding carboxylic acids is 2. The van der Waals surface area contributed by atoms with Crippen LogP contribution < -0.4 is 16.0 Å². The summed E-state index contributed by atoms with van der Waals surface area (Å²) in [7, 11) is 1.76. The molecule has 0 aromatic heterocycles. The Hall–Kier alpha value is -2.04. The molecule has 20 heavy (non-hydrogen) atoms. The highest BCUT2D eigenvalue weighted by atomic mass is 16.2. The number of anilines is 1. The van der Waals surface area contributed by atoms with E-state index in [4.69, 9.17) is 0 Å². The summed E-state index contributed by atoms with van der Waals surface area (Å²) in [6.07, 6.45) is 0. The summed E-state index contributed by atoms with van der Waals surface area (Å²) in [6.45, 7) is 7.39. The van der Waals surface area contributed by atoms with E-state index < -0.39 is 6.04 Å². The molecule has 3 N–H and O–H groups in total. The summed E-state index contributed by atoms with van der Waals surface area (Å²) in [5, 5.41) is 8.46. The van der Waals surface area contributed by atoms with Crippen LogP contribution in [0.1, 0.15) is 36.7 Å². The van der Waals surface area contributed by atoms with Crippen LogP contribution >= 0.6 is 0 Å². The lowest BCUT2D eigenvalue weighted by molar-refractivity contribution is -0.123. The molecule has 1 unspecified atom stereocenters. The van der Waals surface area contributed by atoms with Crippen LogP contribution in [0.4, 0.5) is 5.69 Å². The zero-order valence-corrected chi connectivity index (χ0v) is 12.7. The van der Waals surface area contributed by atoms with Crippen molar-refractivity contribution in [3.05, 3.63) is 29.3 Å². The highest BCUT2D eigenvalue weighted by Gasteiger charge is 2.18. The summed E-state index contributed by atoms with van der Waals surface area (Å²) < 4.78 is 0. The number of benzene rings is 1. The number of aryl methyl sites for hydroxylation is 1. The van der Waals surface area contributed by atoms with Crippen molar-refractivity contribution in [1.82, 2.24) is 10.6 Å². The van der Waals surface area contributed by atoms with Gasteiger partial charge in [-0.05, 0) is 45.4 Å². The minimum atomic E-state index is -0.573. The Labute approximate surface area is 120 Å². The van der Waals surface area contributed by atoms with Crippen LogP contribution in [0.5, 0.6) is 0 Å². The molecular formula is C15H23N3O2. The highest BCUT2D eigenvalue weighted by Crippen LogP contribution is 2.17. The van der Waals surface area contributed by atoms with Gasteiger partial charge in [-0.3, -0.25) is 9.59 Å². The lowest BCUT2D eigenvalue weighted by Gasteiger charge is -2.17. The van der Waals surface area contributed by atoms with E-state index in [0.717, 1.165) is 11.3 Å². The number of hydrogen-bond acceptors (Lipinski definition) is 3. The minimum absolute atomic E-state index is 0.0501. The van der Waals surface area contributed by atoms with Gasteiger partial charge in [0.05, 0.1) is 5.56 Å². The fourth-order valence-corrected chi connectivity index (χ4v) is 1.81. The zero-order chi connectivity index (χ0) is 15.3. The van der Waals surface area contributed by atoms with E-state index in [0.29, 0.717) is 5.56 Å². The SMILES string of the molecule is CNc1cc(C)ccc1C(=O)NC(C)C(=O)NC(C)C. The van der Waals surface area contributed by atoms with Crippen molar-refractivity contribution in [3.63, 3.8) is 0 Å².